The fourth-order valence-electron chi connectivity index (χ4n) is 1.12. The molecule has 0 aromatic heterocycles. The number of hydrogen-bond donors (Lipinski definition) is 1. The molecule has 0 aliphatic heterocycles. The van der Waals surface area contributed by atoms with E-state index in [1.54, 1.807) is 0 Å². The van der Waals surface area contributed by atoms with E-state index < -0.39 is 16.5 Å². The number of rotatable bonds is 2. The Kier molecular flexibility index (Phi) is 21.9. The normalized spacial score (nSPS) is 9.69. The maximum absolute atomic E-state index is 3.74. The Labute approximate surface area is 106 Å². The first-order valence-corrected chi connectivity index (χ1v) is 10.5. The van der Waals surface area contributed by atoms with Crippen molar-refractivity contribution in [1.82, 2.24) is 4.65 Å². The molecule has 0 saturated heterocycles. The van der Waals surface area contributed by atoms with Gasteiger partial charge in [0.25, 0.3) is 0 Å². The minimum atomic E-state index is -0.981. The van der Waals surface area contributed by atoms with Gasteiger partial charge in [-0.3, -0.25) is 0 Å². The number of nitrogens with one attached hydrogen (secondary N) is 1. The average molecular weight is 328 g/mol. The molecule has 0 unspecified atom stereocenters. The Balaban J connectivity index is -0.0000000533. The first-order chi connectivity index (χ1) is 3.71. The third-order valence-electron chi connectivity index (χ3n) is 0.750. The van der Waals surface area contributed by atoms with Gasteiger partial charge in [0, 0.05) is 23.9 Å². The number of hydrogen-bond acceptors (Lipinski definition) is 1. The Bertz CT molecular complexity index is 82.8. The van der Waals surface area contributed by atoms with Gasteiger partial charge in [0.2, 0.25) is 0 Å². The molecule has 0 fully saturated rings. The van der Waals surface area contributed by atoms with E-state index in [9.17, 15) is 0 Å². The van der Waals surface area contributed by atoms with E-state index in [0.717, 1.165) is 0 Å². The molecule has 0 rings (SSSR count). The summed E-state index contributed by atoms with van der Waals surface area (Å²) >= 11 is 0. The zero-order valence-electron chi connectivity index (χ0n) is 8.00. The predicted molar refractivity (Wildman–Crippen MR) is 75.8 cm³/mol. The van der Waals surface area contributed by atoms with Crippen molar-refractivity contribution in [3.63, 3.8) is 0 Å². The third kappa shape index (κ3) is 31.9. The predicted octanol–water partition coefficient (Wildman–Crippen LogP) is 3.77. The summed E-state index contributed by atoms with van der Waals surface area (Å²) in [6.45, 7) is 14.1. The van der Waals surface area contributed by atoms with Crippen LogP contribution in [0.15, 0.2) is 0 Å². The SMILES string of the molecule is C.C.C.C[Si](C)(C)N[Si](C)(C)C.[Sn]. The topological polar surface area (TPSA) is 12.0 Å². The summed E-state index contributed by atoms with van der Waals surface area (Å²) in [7, 11) is -1.96. The van der Waals surface area contributed by atoms with Crippen LogP contribution in [-0.2, 0) is 0 Å². The van der Waals surface area contributed by atoms with E-state index in [0.29, 0.717) is 0 Å². The average Bonchev–Trinajstić information content (AvgIpc) is 1.14. The maximum Gasteiger partial charge on any atom is 0.109 e. The summed E-state index contributed by atoms with van der Waals surface area (Å²) in [6.07, 6.45) is 0. The van der Waals surface area contributed by atoms with Gasteiger partial charge < -0.3 is 4.65 Å². The standard InChI is InChI=1S/C6H19NSi2.3CH4.Sn/c1-8(2,3)7-9(4,5)6;;;;/h7H,1-6H3;3*1H4;. The van der Waals surface area contributed by atoms with E-state index in [-0.39, 0.29) is 46.2 Å². The van der Waals surface area contributed by atoms with Crippen LogP contribution in [-0.4, -0.2) is 40.4 Å². The second kappa shape index (κ2) is 9.74. The van der Waals surface area contributed by atoms with Crippen molar-refractivity contribution in [2.24, 2.45) is 0 Å². The molecule has 1 N–H and O–H groups in total. The second-order valence-electron chi connectivity index (χ2n) is 4.62. The Morgan fingerprint density at radius 1 is 0.615 bits per heavy atom. The molecule has 0 aromatic carbocycles. The molecular formula is C9H31NSi2Sn. The van der Waals surface area contributed by atoms with Crippen LogP contribution >= 0.6 is 0 Å². The quantitative estimate of drug-likeness (QED) is 0.761. The Hall–Kier alpha value is 1.19. The molecule has 1 nitrogen and oxygen atoms in total. The molecule has 4 radical (unpaired) electrons. The molecule has 0 aliphatic rings. The summed E-state index contributed by atoms with van der Waals surface area (Å²) in [5.41, 5.74) is 0. The fraction of sp³-hybridized carbons (Fsp3) is 1.00. The molecule has 0 saturated carbocycles. The molecular weight excluding hydrogens is 297 g/mol. The van der Waals surface area contributed by atoms with Crippen molar-refractivity contribution >= 4 is 40.4 Å². The van der Waals surface area contributed by atoms with Crippen LogP contribution in [0.4, 0.5) is 0 Å². The molecule has 0 amide bonds. The van der Waals surface area contributed by atoms with Gasteiger partial charge in [-0.25, -0.2) is 0 Å². The van der Waals surface area contributed by atoms with E-state index in [1.807, 2.05) is 0 Å². The van der Waals surface area contributed by atoms with Crippen LogP contribution in [0.1, 0.15) is 22.3 Å². The second-order valence-corrected chi connectivity index (χ2v) is 14.6. The first kappa shape index (κ1) is 29.2. The van der Waals surface area contributed by atoms with Crippen molar-refractivity contribution in [2.75, 3.05) is 0 Å². The summed E-state index contributed by atoms with van der Waals surface area (Å²) in [5.74, 6) is 0. The largest absolute Gasteiger partial charge is 0.360 e. The van der Waals surface area contributed by atoms with Gasteiger partial charge in [0.15, 0.2) is 0 Å². The van der Waals surface area contributed by atoms with Gasteiger partial charge in [0.05, 0.1) is 0 Å². The smallest absolute Gasteiger partial charge is 0.109 e. The zero-order chi connectivity index (χ0) is 7.71. The van der Waals surface area contributed by atoms with Gasteiger partial charge in [0.1, 0.15) is 16.5 Å². The van der Waals surface area contributed by atoms with Gasteiger partial charge in [-0.05, 0) is 0 Å². The zero-order valence-corrected chi connectivity index (χ0v) is 12.9. The molecule has 0 aliphatic carbocycles. The molecule has 0 atom stereocenters. The van der Waals surface area contributed by atoms with E-state index in [1.165, 1.54) is 0 Å². The molecule has 0 heterocycles. The molecule has 84 valence electrons. The Morgan fingerprint density at radius 2 is 0.769 bits per heavy atom. The summed E-state index contributed by atoms with van der Waals surface area (Å²) in [5, 5.41) is 0. The Morgan fingerprint density at radius 3 is 0.769 bits per heavy atom. The third-order valence-corrected chi connectivity index (χ3v) is 6.75. The van der Waals surface area contributed by atoms with Gasteiger partial charge >= 0.3 is 0 Å². The maximum atomic E-state index is 3.74. The van der Waals surface area contributed by atoms with Crippen molar-refractivity contribution in [2.45, 2.75) is 61.6 Å². The van der Waals surface area contributed by atoms with Crippen molar-refractivity contribution in [1.29, 1.82) is 0 Å². The summed E-state index contributed by atoms with van der Waals surface area (Å²) in [6, 6.07) is 0. The molecule has 0 bridgehead atoms. The van der Waals surface area contributed by atoms with Crippen LogP contribution in [0.3, 0.4) is 0 Å². The van der Waals surface area contributed by atoms with E-state index >= 15 is 0 Å². The van der Waals surface area contributed by atoms with Gasteiger partial charge in [-0.15, -0.1) is 0 Å². The summed E-state index contributed by atoms with van der Waals surface area (Å²) in [4.78, 5) is 0. The van der Waals surface area contributed by atoms with Crippen LogP contribution in [0.25, 0.3) is 0 Å². The van der Waals surface area contributed by atoms with E-state index in [4.69, 9.17) is 0 Å². The monoisotopic (exact) mass is 329 g/mol. The van der Waals surface area contributed by atoms with Crippen LogP contribution in [0, 0.1) is 0 Å². The van der Waals surface area contributed by atoms with Crippen LogP contribution < -0.4 is 4.65 Å². The molecule has 13 heavy (non-hydrogen) atoms. The minimum absolute atomic E-state index is 0. The summed E-state index contributed by atoms with van der Waals surface area (Å²) < 4.78 is 3.74. The molecule has 4 heteroatoms. The van der Waals surface area contributed by atoms with Gasteiger partial charge in [-0.1, -0.05) is 61.6 Å². The fourth-order valence-corrected chi connectivity index (χ4v) is 10.1. The van der Waals surface area contributed by atoms with E-state index in [2.05, 4.69) is 43.9 Å². The van der Waals surface area contributed by atoms with Gasteiger partial charge in [-0.2, -0.15) is 0 Å². The van der Waals surface area contributed by atoms with Crippen molar-refractivity contribution < 1.29 is 0 Å². The molecule has 0 aromatic rings. The minimum Gasteiger partial charge on any atom is -0.360 e. The van der Waals surface area contributed by atoms with Crippen LogP contribution in [0.2, 0.25) is 39.3 Å². The molecule has 0 spiro atoms. The van der Waals surface area contributed by atoms with Crippen LogP contribution in [0.5, 0.6) is 0 Å². The van der Waals surface area contributed by atoms with Crippen molar-refractivity contribution in [3.8, 4) is 0 Å². The van der Waals surface area contributed by atoms with Crippen molar-refractivity contribution in [3.05, 3.63) is 0 Å². The first-order valence-electron chi connectivity index (χ1n) is 3.50.